The predicted molar refractivity (Wildman–Crippen MR) is 108 cm³/mol. The number of esters is 1. The highest BCUT2D eigenvalue weighted by atomic mass is 16.6. The van der Waals surface area contributed by atoms with Gasteiger partial charge in [0.15, 0.2) is 5.69 Å². The first kappa shape index (κ1) is 20.2. The Bertz CT molecular complexity index is 1110. The molecule has 0 saturated carbocycles. The van der Waals surface area contributed by atoms with Crippen molar-refractivity contribution in [3.63, 3.8) is 0 Å². The zero-order chi connectivity index (χ0) is 20.8. The number of hydrogen-bond acceptors (Lipinski definition) is 6. The van der Waals surface area contributed by atoms with Crippen LogP contribution >= 0.6 is 0 Å². The molecule has 0 atom stereocenters. The van der Waals surface area contributed by atoms with E-state index in [1.807, 2.05) is 0 Å². The van der Waals surface area contributed by atoms with E-state index in [-0.39, 0.29) is 22.7 Å². The van der Waals surface area contributed by atoms with E-state index in [1.54, 1.807) is 24.3 Å². The minimum atomic E-state index is -0.774. The summed E-state index contributed by atoms with van der Waals surface area (Å²) in [5.74, 6) is -0.736. The summed E-state index contributed by atoms with van der Waals surface area (Å²) >= 11 is 0. The number of aryl methyl sites for hydroxylation is 1. The third-order valence-corrected chi connectivity index (χ3v) is 4.52. The van der Waals surface area contributed by atoms with Gasteiger partial charge in [-0.2, -0.15) is 5.10 Å². The normalized spacial score (nSPS) is 10.8. The van der Waals surface area contributed by atoms with Crippen LogP contribution in [-0.4, -0.2) is 20.7 Å². The Morgan fingerprint density at radius 1 is 1.10 bits per heavy atom. The Balaban J connectivity index is 1.95. The van der Waals surface area contributed by atoms with Crippen LogP contribution in [0.2, 0.25) is 0 Å². The number of carbonyl (C=O) groups is 1. The molecule has 150 valence electrons. The summed E-state index contributed by atoms with van der Waals surface area (Å²) in [5, 5.41) is 15.9. The Morgan fingerprint density at radius 3 is 2.59 bits per heavy atom. The molecule has 0 radical (unpaired) electrons. The number of hydrogen-bond donors (Lipinski definition) is 0. The number of non-ortho nitro benzene ring substituents is 1. The van der Waals surface area contributed by atoms with Crippen LogP contribution in [0.3, 0.4) is 0 Å². The predicted octanol–water partition coefficient (Wildman–Crippen LogP) is 4.10. The second kappa shape index (κ2) is 9.09. The molecule has 0 amide bonds. The lowest BCUT2D eigenvalue weighted by atomic mass is 10.1. The van der Waals surface area contributed by atoms with Crippen molar-refractivity contribution in [2.24, 2.45) is 0 Å². The molecule has 29 heavy (non-hydrogen) atoms. The van der Waals surface area contributed by atoms with E-state index in [2.05, 4.69) is 12.0 Å². The van der Waals surface area contributed by atoms with E-state index in [0.29, 0.717) is 17.3 Å². The number of carbonyl (C=O) groups excluding carboxylic acids is 1. The largest absolute Gasteiger partial charge is 0.421 e. The summed E-state index contributed by atoms with van der Waals surface area (Å²) in [5.41, 5.74) is -0.444. The van der Waals surface area contributed by atoms with Crippen LogP contribution in [0.4, 0.5) is 5.69 Å². The van der Waals surface area contributed by atoms with Gasteiger partial charge in [0.05, 0.1) is 16.4 Å². The number of aromatic nitrogens is 2. The molecule has 2 aromatic carbocycles. The molecule has 0 aliphatic carbocycles. The number of ether oxygens (including phenoxy) is 1. The van der Waals surface area contributed by atoms with Gasteiger partial charge in [0.2, 0.25) is 0 Å². The van der Waals surface area contributed by atoms with Crippen molar-refractivity contribution in [2.45, 2.75) is 39.2 Å². The van der Waals surface area contributed by atoms with E-state index in [9.17, 15) is 19.7 Å². The number of unbranched alkanes of at least 4 members (excludes halogenated alkanes) is 3. The van der Waals surface area contributed by atoms with Gasteiger partial charge in [-0.25, -0.2) is 9.48 Å². The van der Waals surface area contributed by atoms with Gasteiger partial charge in [0.25, 0.3) is 11.2 Å². The molecule has 0 spiro atoms. The van der Waals surface area contributed by atoms with Gasteiger partial charge in [-0.15, -0.1) is 0 Å². The average molecular weight is 395 g/mol. The topological polar surface area (TPSA) is 104 Å². The maximum atomic E-state index is 12.8. The second-order valence-corrected chi connectivity index (χ2v) is 6.63. The minimum absolute atomic E-state index is 0.00203. The SMILES string of the molecule is CCCCCCn1nc(C(=O)Oc2cccc([N+](=O)[O-])c2)c2ccccc2c1=O. The molecule has 0 bridgehead atoms. The van der Waals surface area contributed by atoms with Crippen LogP contribution in [0.25, 0.3) is 10.8 Å². The third kappa shape index (κ3) is 4.66. The van der Waals surface area contributed by atoms with Crippen LogP contribution in [-0.2, 0) is 6.54 Å². The van der Waals surface area contributed by atoms with E-state index in [1.165, 1.54) is 28.9 Å². The fourth-order valence-corrected chi connectivity index (χ4v) is 3.04. The summed E-state index contributed by atoms with van der Waals surface area (Å²) in [6, 6.07) is 12.1. The average Bonchev–Trinajstić information content (AvgIpc) is 2.73. The molecule has 8 nitrogen and oxygen atoms in total. The lowest BCUT2D eigenvalue weighted by Crippen LogP contribution is -2.27. The molecule has 3 rings (SSSR count). The summed E-state index contributed by atoms with van der Waals surface area (Å²) in [4.78, 5) is 35.9. The van der Waals surface area contributed by atoms with Crippen LogP contribution < -0.4 is 10.3 Å². The lowest BCUT2D eigenvalue weighted by Gasteiger charge is -2.11. The molecule has 1 heterocycles. The van der Waals surface area contributed by atoms with Crippen molar-refractivity contribution in [1.82, 2.24) is 9.78 Å². The quantitative estimate of drug-likeness (QED) is 0.187. The van der Waals surface area contributed by atoms with Crippen LogP contribution in [0.15, 0.2) is 53.3 Å². The molecule has 0 fully saturated rings. The van der Waals surface area contributed by atoms with E-state index < -0.39 is 10.9 Å². The van der Waals surface area contributed by atoms with Crippen LogP contribution in [0.5, 0.6) is 5.75 Å². The zero-order valence-electron chi connectivity index (χ0n) is 16.0. The zero-order valence-corrected chi connectivity index (χ0v) is 16.0. The number of rotatable bonds is 8. The molecule has 1 aromatic heterocycles. The monoisotopic (exact) mass is 395 g/mol. The number of benzene rings is 2. The van der Waals surface area contributed by atoms with Gasteiger partial charge in [-0.1, -0.05) is 50.5 Å². The van der Waals surface area contributed by atoms with Crippen molar-refractivity contribution in [2.75, 3.05) is 0 Å². The molecule has 3 aromatic rings. The van der Waals surface area contributed by atoms with Crippen molar-refractivity contribution in [3.8, 4) is 5.75 Å². The summed E-state index contributed by atoms with van der Waals surface area (Å²) in [6.07, 6.45) is 3.87. The highest BCUT2D eigenvalue weighted by molar-refractivity contribution is 6.02. The van der Waals surface area contributed by atoms with Crippen molar-refractivity contribution >= 4 is 22.4 Å². The van der Waals surface area contributed by atoms with Gasteiger partial charge in [0, 0.05) is 18.0 Å². The molecule has 8 heteroatoms. The second-order valence-electron chi connectivity index (χ2n) is 6.63. The molecule has 0 unspecified atom stereocenters. The maximum absolute atomic E-state index is 12.8. The van der Waals surface area contributed by atoms with E-state index in [4.69, 9.17) is 4.74 Å². The summed E-state index contributed by atoms with van der Waals surface area (Å²) in [7, 11) is 0. The first-order chi connectivity index (χ1) is 14.0. The minimum Gasteiger partial charge on any atom is -0.421 e. The summed E-state index contributed by atoms with van der Waals surface area (Å²) in [6.45, 7) is 2.50. The Morgan fingerprint density at radius 2 is 1.86 bits per heavy atom. The Hall–Kier alpha value is -3.55. The first-order valence-corrected chi connectivity index (χ1v) is 9.47. The standard InChI is InChI=1S/C21H21N3O5/c1-2-3-4-7-13-23-20(25)18-12-6-5-11-17(18)19(22-23)21(26)29-16-10-8-9-15(14-16)24(27)28/h5-6,8-12,14H,2-4,7,13H2,1H3. The Kier molecular flexibility index (Phi) is 6.33. The maximum Gasteiger partial charge on any atom is 0.364 e. The summed E-state index contributed by atoms with van der Waals surface area (Å²) < 4.78 is 6.61. The van der Waals surface area contributed by atoms with E-state index in [0.717, 1.165) is 25.7 Å². The fourth-order valence-electron chi connectivity index (χ4n) is 3.04. The van der Waals surface area contributed by atoms with Gasteiger partial charge in [0.1, 0.15) is 5.75 Å². The van der Waals surface area contributed by atoms with Gasteiger partial charge < -0.3 is 4.74 Å². The fraction of sp³-hybridized carbons (Fsp3) is 0.286. The molecule has 0 aliphatic rings. The van der Waals surface area contributed by atoms with Crippen molar-refractivity contribution < 1.29 is 14.5 Å². The third-order valence-electron chi connectivity index (χ3n) is 4.52. The van der Waals surface area contributed by atoms with Crippen LogP contribution in [0.1, 0.15) is 43.1 Å². The smallest absolute Gasteiger partial charge is 0.364 e. The van der Waals surface area contributed by atoms with Crippen molar-refractivity contribution in [1.29, 1.82) is 0 Å². The van der Waals surface area contributed by atoms with Crippen LogP contribution in [0, 0.1) is 10.1 Å². The number of fused-ring (bicyclic) bond motifs is 1. The first-order valence-electron chi connectivity index (χ1n) is 9.47. The molecule has 0 saturated heterocycles. The molecule has 0 N–H and O–H groups in total. The highest BCUT2D eigenvalue weighted by Gasteiger charge is 2.19. The Labute approximate surface area is 166 Å². The van der Waals surface area contributed by atoms with Gasteiger partial charge in [-0.3, -0.25) is 14.9 Å². The molecular formula is C21H21N3O5. The number of nitrogens with zero attached hydrogens (tertiary/aromatic N) is 3. The van der Waals surface area contributed by atoms with E-state index >= 15 is 0 Å². The number of nitro benzene ring substituents is 1. The molecule has 0 aliphatic heterocycles. The molecular weight excluding hydrogens is 374 g/mol. The number of nitro groups is 1. The van der Waals surface area contributed by atoms with Crippen molar-refractivity contribution in [3.05, 3.63) is 74.7 Å². The van der Waals surface area contributed by atoms with Gasteiger partial charge in [-0.05, 0) is 18.6 Å². The highest BCUT2D eigenvalue weighted by Crippen LogP contribution is 2.21. The lowest BCUT2D eigenvalue weighted by molar-refractivity contribution is -0.384. The van der Waals surface area contributed by atoms with Gasteiger partial charge >= 0.3 is 5.97 Å².